The van der Waals surface area contributed by atoms with Crippen molar-refractivity contribution in [2.45, 2.75) is 38.1 Å². The lowest BCUT2D eigenvalue weighted by Gasteiger charge is -2.23. The number of nitrogens with one attached hydrogen (secondary N) is 2. The van der Waals surface area contributed by atoms with Crippen LogP contribution < -0.4 is 11.1 Å². The maximum absolute atomic E-state index is 12.3. The third-order valence-corrected chi connectivity index (χ3v) is 4.52. The van der Waals surface area contributed by atoms with Gasteiger partial charge in [-0.05, 0) is 26.7 Å². The molecule has 2 aromatic heterocycles. The first-order valence-corrected chi connectivity index (χ1v) is 7.43. The van der Waals surface area contributed by atoms with Gasteiger partial charge in [-0.25, -0.2) is 4.98 Å². The highest BCUT2D eigenvalue weighted by atomic mass is 32.1. The van der Waals surface area contributed by atoms with Gasteiger partial charge in [0.2, 0.25) is 0 Å². The van der Waals surface area contributed by atoms with Crippen molar-refractivity contribution in [2.75, 3.05) is 5.73 Å². The minimum atomic E-state index is -0.545. The van der Waals surface area contributed by atoms with Crippen LogP contribution in [0.3, 0.4) is 0 Å². The van der Waals surface area contributed by atoms with Gasteiger partial charge in [-0.15, -0.1) is 11.3 Å². The number of aromatic nitrogens is 3. The Morgan fingerprint density at radius 3 is 2.90 bits per heavy atom. The number of hydrogen-bond acceptors (Lipinski definition) is 5. The number of rotatable bonds is 4. The van der Waals surface area contributed by atoms with E-state index in [2.05, 4.69) is 20.5 Å². The molecule has 4 N–H and O–H groups in total. The number of carbonyl (C=O) groups excluding carboxylic acids is 1. The Hall–Kier alpha value is -1.89. The predicted octanol–water partition coefficient (Wildman–Crippen LogP) is 1.99. The maximum atomic E-state index is 12.3. The second kappa shape index (κ2) is 4.59. The van der Waals surface area contributed by atoms with Crippen LogP contribution in [-0.4, -0.2) is 21.1 Å². The lowest BCUT2D eigenvalue weighted by molar-refractivity contribution is 0.0907. The smallest absolute Gasteiger partial charge is 0.274 e. The molecule has 1 aliphatic carbocycles. The number of nitrogen functional groups attached to an aromatic ring is 1. The summed E-state index contributed by atoms with van der Waals surface area (Å²) in [5, 5.41) is 12.6. The Balaban J connectivity index is 1.79. The summed E-state index contributed by atoms with van der Waals surface area (Å²) in [5.74, 6) is 0.168. The Labute approximate surface area is 120 Å². The van der Waals surface area contributed by atoms with Crippen LogP contribution in [0.25, 0.3) is 0 Å². The zero-order valence-electron chi connectivity index (χ0n) is 11.4. The highest BCUT2D eigenvalue weighted by molar-refractivity contribution is 7.09. The number of H-pyrrole nitrogens is 1. The Bertz CT molecular complexity index is 627. The number of hydrogen-bond donors (Lipinski definition) is 3. The van der Waals surface area contributed by atoms with E-state index in [0.29, 0.717) is 11.6 Å². The summed E-state index contributed by atoms with van der Waals surface area (Å²) in [5.41, 5.74) is 7.11. The van der Waals surface area contributed by atoms with Gasteiger partial charge in [0.15, 0.2) is 5.69 Å². The van der Waals surface area contributed by atoms with Crippen molar-refractivity contribution in [1.82, 2.24) is 20.5 Å². The Morgan fingerprint density at radius 1 is 1.55 bits per heavy atom. The summed E-state index contributed by atoms with van der Waals surface area (Å²) < 4.78 is 0. The molecule has 0 spiro atoms. The van der Waals surface area contributed by atoms with E-state index in [1.54, 1.807) is 6.20 Å². The van der Waals surface area contributed by atoms with Gasteiger partial charge in [-0.1, -0.05) is 0 Å². The van der Waals surface area contributed by atoms with Crippen LogP contribution >= 0.6 is 11.3 Å². The molecule has 3 rings (SSSR count). The minimum Gasteiger partial charge on any atom is -0.395 e. The number of nitrogens with two attached hydrogens (primary N) is 1. The van der Waals surface area contributed by atoms with Crippen LogP contribution in [0.1, 0.15) is 53.8 Å². The molecule has 0 radical (unpaired) electrons. The molecule has 6 nitrogen and oxygen atoms in total. The molecule has 1 amide bonds. The van der Waals surface area contributed by atoms with Crippen molar-refractivity contribution in [2.24, 2.45) is 0 Å². The standard InChI is InChI=1S/C13H17N5OS/c1-13(2,12-15-5-6-20-12)16-11(19)10-8(14)9(17-18-10)7-3-4-7/h5-7H,3-4,14H2,1-2H3,(H,16,19)(H,17,18). The first-order chi connectivity index (χ1) is 9.49. The third-order valence-electron chi connectivity index (χ3n) is 3.43. The summed E-state index contributed by atoms with van der Waals surface area (Å²) in [7, 11) is 0. The molecule has 1 aliphatic rings. The van der Waals surface area contributed by atoms with Crippen LogP contribution in [0.5, 0.6) is 0 Å². The van der Waals surface area contributed by atoms with Crippen molar-refractivity contribution in [1.29, 1.82) is 0 Å². The van der Waals surface area contributed by atoms with Crippen LogP contribution in [0.2, 0.25) is 0 Å². The summed E-state index contributed by atoms with van der Waals surface area (Å²) in [6, 6.07) is 0. The maximum Gasteiger partial charge on any atom is 0.274 e. The monoisotopic (exact) mass is 291 g/mol. The van der Waals surface area contributed by atoms with Crippen LogP contribution in [0.15, 0.2) is 11.6 Å². The zero-order chi connectivity index (χ0) is 14.3. The van der Waals surface area contributed by atoms with E-state index in [4.69, 9.17) is 5.73 Å². The van der Waals surface area contributed by atoms with E-state index >= 15 is 0 Å². The highest BCUT2D eigenvalue weighted by Gasteiger charge is 2.32. The van der Waals surface area contributed by atoms with Gasteiger partial charge in [0.25, 0.3) is 5.91 Å². The lowest BCUT2D eigenvalue weighted by atomic mass is 10.1. The SMILES string of the molecule is CC(C)(NC(=O)c1n[nH]c(C2CC2)c1N)c1nccs1. The lowest BCUT2D eigenvalue weighted by Crippen LogP contribution is -2.41. The van der Waals surface area contributed by atoms with Gasteiger partial charge >= 0.3 is 0 Å². The number of carbonyl (C=O) groups is 1. The molecule has 1 saturated carbocycles. The van der Waals surface area contributed by atoms with Gasteiger partial charge < -0.3 is 11.1 Å². The van der Waals surface area contributed by atoms with E-state index in [9.17, 15) is 4.79 Å². The first kappa shape index (κ1) is 13.1. The molecular weight excluding hydrogens is 274 g/mol. The topological polar surface area (TPSA) is 96.7 Å². The molecule has 7 heteroatoms. The average molecular weight is 291 g/mol. The van der Waals surface area contributed by atoms with Gasteiger partial charge in [0.05, 0.1) is 16.9 Å². The normalized spacial score (nSPS) is 15.3. The van der Waals surface area contributed by atoms with E-state index in [-0.39, 0.29) is 11.6 Å². The highest BCUT2D eigenvalue weighted by Crippen LogP contribution is 2.42. The van der Waals surface area contributed by atoms with Crippen LogP contribution in [-0.2, 0) is 5.54 Å². The summed E-state index contributed by atoms with van der Waals surface area (Å²) >= 11 is 1.51. The molecule has 2 aromatic rings. The molecule has 20 heavy (non-hydrogen) atoms. The minimum absolute atomic E-state index is 0.272. The molecule has 1 fully saturated rings. The molecule has 0 atom stereocenters. The zero-order valence-corrected chi connectivity index (χ0v) is 12.3. The molecule has 0 bridgehead atoms. The molecule has 0 aromatic carbocycles. The van der Waals surface area contributed by atoms with Crippen LogP contribution in [0.4, 0.5) is 5.69 Å². The number of aromatic amines is 1. The molecule has 106 valence electrons. The van der Waals surface area contributed by atoms with Crippen molar-refractivity contribution in [3.05, 3.63) is 28.0 Å². The predicted molar refractivity (Wildman–Crippen MR) is 77.6 cm³/mol. The van der Waals surface area contributed by atoms with Gasteiger partial charge in [0, 0.05) is 17.5 Å². The van der Waals surface area contributed by atoms with Crippen molar-refractivity contribution in [3.8, 4) is 0 Å². The van der Waals surface area contributed by atoms with E-state index in [0.717, 1.165) is 23.5 Å². The van der Waals surface area contributed by atoms with Crippen molar-refractivity contribution in [3.63, 3.8) is 0 Å². The fourth-order valence-electron chi connectivity index (χ4n) is 2.15. The second-order valence-electron chi connectivity index (χ2n) is 5.59. The number of amides is 1. The number of nitrogens with zero attached hydrogens (tertiary/aromatic N) is 2. The quantitative estimate of drug-likeness (QED) is 0.802. The number of anilines is 1. The van der Waals surface area contributed by atoms with Gasteiger partial charge in [-0.2, -0.15) is 5.10 Å². The molecule has 0 saturated heterocycles. The Kier molecular flexibility index (Phi) is 3.01. The fraction of sp³-hybridized carbons (Fsp3) is 0.462. The van der Waals surface area contributed by atoms with E-state index in [1.165, 1.54) is 11.3 Å². The fourth-order valence-corrected chi connectivity index (χ4v) is 2.87. The molecule has 2 heterocycles. The van der Waals surface area contributed by atoms with E-state index in [1.807, 2.05) is 19.2 Å². The number of thiazole rings is 1. The molecule has 0 aliphatic heterocycles. The summed E-state index contributed by atoms with van der Waals surface area (Å²) in [6.07, 6.45) is 3.94. The van der Waals surface area contributed by atoms with E-state index < -0.39 is 5.54 Å². The van der Waals surface area contributed by atoms with Gasteiger partial charge in [0.1, 0.15) is 5.01 Å². The van der Waals surface area contributed by atoms with Crippen molar-refractivity contribution >= 4 is 22.9 Å². The molecular formula is C13H17N5OS. The summed E-state index contributed by atoms with van der Waals surface area (Å²) in [6.45, 7) is 3.82. The largest absolute Gasteiger partial charge is 0.395 e. The first-order valence-electron chi connectivity index (χ1n) is 6.55. The van der Waals surface area contributed by atoms with Gasteiger partial charge in [-0.3, -0.25) is 9.89 Å². The average Bonchev–Trinajstić information content (AvgIpc) is 2.91. The molecule has 0 unspecified atom stereocenters. The van der Waals surface area contributed by atoms with Crippen molar-refractivity contribution < 1.29 is 4.79 Å². The summed E-state index contributed by atoms with van der Waals surface area (Å²) in [4.78, 5) is 16.6. The second-order valence-corrected chi connectivity index (χ2v) is 6.48. The van der Waals surface area contributed by atoms with Crippen LogP contribution in [0, 0.1) is 0 Å². The third kappa shape index (κ3) is 2.29. The Morgan fingerprint density at radius 2 is 2.30 bits per heavy atom.